The average molecular weight is 1080 g/mol. The largest absolute Gasteiger partial charge is 0.508 e. The Morgan fingerprint density at radius 2 is 1.44 bits per heavy atom. The zero-order valence-corrected chi connectivity index (χ0v) is 46.9. The Labute approximate surface area is 452 Å². The molecule has 3 fully saturated rings. The molecule has 7 N–H and O–H groups in total. The van der Waals surface area contributed by atoms with Gasteiger partial charge in [0.05, 0.1) is 24.5 Å². The Bertz CT molecular complexity index is 2270. The summed E-state index contributed by atoms with van der Waals surface area (Å²) in [5, 5.41) is 42.9. The third-order valence-electron chi connectivity index (χ3n) is 14.8. The molecule has 0 spiro atoms. The number of esters is 2. The van der Waals surface area contributed by atoms with Gasteiger partial charge >= 0.3 is 11.9 Å². The molecule has 77 heavy (non-hydrogen) atoms. The maximum absolute atomic E-state index is 14.9. The number of aliphatic hydroxyl groups excluding tert-OH is 2. The monoisotopic (exact) mass is 1080 g/mol. The van der Waals surface area contributed by atoms with E-state index in [1.165, 1.54) is 66.8 Å². The van der Waals surface area contributed by atoms with Gasteiger partial charge < -0.3 is 60.8 Å². The van der Waals surface area contributed by atoms with Gasteiger partial charge in [-0.05, 0) is 101 Å². The molecule has 7 amide bonds. The number of nitrogens with zero attached hydrogens (tertiary/aromatic N) is 3. The predicted molar refractivity (Wildman–Crippen MR) is 281 cm³/mol. The molecule has 3 aliphatic rings. The fourth-order valence-electron chi connectivity index (χ4n) is 10.1. The van der Waals surface area contributed by atoms with Crippen LogP contribution >= 0.6 is 0 Å². The second kappa shape index (κ2) is 28.5. The fraction of sp³-hybridized carbons (Fsp3) is 0.709. The van der Waals surface area contributed by atoms with E-state index in [0.29, 0.717) is 24.8 Å². The lowest BCUT2D eigenvalue weighted by Crippen LogP contribution is -2.62. The second-order valence-corrected chi connectivity index (χ2v) is 22.4. The molecule has 0 radical (unpaired) electrons. The number of rotatable bonds is 14. The summed E-state index contributed by atoms with van der Waals surface area (Å²) in [7, 11) is 1.39. The Kier molecular flexibility index (Phi) is 23.4. The van der Waals surface area contributed by atoms with Gasteiger partial charge in [-0.2, -0.15) is 0 Å². The highest BCUT2D eigenvalue weighted by molar-refractivity contribution is 6.05. The number of phenols is 1. The summed E-state index contributed by atoms with van der Waals surface area (Å²) in [5.74, 6) is -11.2. The van der Waals surface area contributed by atoms with Crippen molar-refractivity contribution >= 4 is 59.1 Å². The minimum absolute atomic E-state index is 0.0620. The van der Waals surface area contributed by atoms with E-state index in [0.717, 1.165) is 0 Å². The molecule has 3 aliphatic heterocycles. The van der Waals surface area contributed by atoms with Crippen molar-refractivity contribution in [3.63, 3.8) is 0 Å². The molecule has 0 bridgehead atoms. The van der Waals surface area contributed by atoms with Gasteiger partial charge in [0.1, 0.15) is 54.2 Å². The highest BCUT2D eigenvalue weighted by Crippen LogP contribution is 2.26. The number of cyclic esters (lactones) is 2. The highest BCUT2D eigenvalue weighted by atomic mass is 16.6. The van der Waals surface area contributed by atoms with Crippen molar-refractivity contribution in [3.05, 3.63) is 29.8 Å². The Balaban J connectivity index is 1.85. The molecular formula is C55H85N7O15. The molecule has 22 nitrogen and oxygen atoms in total. The first-order chi connectivity index (χ1) is 36.1. The molecule has 0 aliphatic carbocycles. The zero-order chi connectivity index (χ0) is 57.7. The van der Waals surface area contributed by atoms with Crippen molar-refractivity contribution < 1.29 is 72.7 Å². The maximum Gasteiger partial charge on any atom is 0.329 e. The first kappa shape index (κ1) is 63.4. The van der Waals surface area contributed by atoms with Crippen molar-refractivity contribution in [2.75, 3.05) is 20.1 Å². The van der Waals surface area contributed by atoms with E-state index in [2.05, 4.69) is 21.3 Å². The number of aromatic hydroxyl groups is 1. The third kappa shape index (κ3) is 16.9. The number of benzene rings is 1. The number of amides is 7. The third-order valence-corrected chi connectivity index (χ3v) is 14.8. The molecule has 13 atom stereocenters. The van der Waals surface area contributed by atoms with E-state index in [4.69, 9.17) is 9.47 Å². The molecule has 22 heteroatoms. The smallest absolute Gasteiger partial charge is 0.329 e. The summed E-state index contributed by atoms with van der Waals surface area (Å²) in [6, 6.07) is -3.30. The van der Waals surface area contributed by atoms with Crippen molar-refractivity contribution in [1.82, 2.24) is 36.0 Å². The van der Waals surface area contributed by atoms with Crippen LogP contribution in [-0.2, 0) is 63.8 Å². The van der Waals surface area contributed by atoms with Gasteiger partial charge in [0, 0.05) is 26.6 Å². The Morgan fingerprint density at radius 3 is 2.03 bits per heavy atom. The van der Waals surface area contributed by atoms with Gasteiger partial charge in [-0.25, -0.2) is 4.79 Å². The lowest BCUT2D eigenvalue weighted by Gasteiger charge is -2.36. The van der Waals surface area contributed by atoms with Crippen LogP contribution in [0.3, 0.4) is 0 Å². The van der Waals surface area contributed by atoms with Crippen LogP contribution in [0.25, 0.3) is 0 Å². The van der Waals surface area contributed by atoms with Crippen molar-refractivity contribution in [2.24, 2.45) is 29.6 Å². The summed E-state index contributed by atoms with van der Waals surface area (Å²) in [6.45, 7) is 18.2. The predicted octanol–water partition coefficient (Wildman–Crippen LogP) is 1.67. The molecule has 1 aromatic rings. The minimum Gasteiger partial charge on any atom is -0.508 e. The van der Waals surface area contributed by atoms with E-state index in [-0.39, 0.29) is 62.8 Å². The second-order valence-electron chi connectivity index (χ2n) is 22.4. The van der Waals surface area contributed by atoms with Crippen LogP contribution in [0.4, 0.5) is 0 Å². The van der Waals surface area contributed by atoms with Gasteiger partial charge in [-0.3, -0.25) is 43.2 Å². The Morgan fingerprint density at radius 1 is 0.818 bits per heavy atom. The number of fused-ring (bicyclic) bond motifs is 1. The van der Waals surface area contributed by atoms with Crippen molar-refractivity contribution in [2.45, 2.75) is 201 Å². The van der Waals surface area contributed by atoms with Gasteiger partial charge in [0.15, 0.2) is 11.9 Å². The molecule has 0 unspecified atom stereocenters. The normalized spacial score (nSPS) is 28.0. The summed E-state index contributed by atoms with van der Waals surface area (Å²) in [6.07, 6.45) is -5.22. The number of carbonyl (C=O) groups excluding carboxylic acids is 10. The van der Waals surface area contributed by atoms with Crippen LogP contribution in [0, 0.1) is 29.6 Å². The van der Waals surface area contributed by atoms with Gasteiger partial charge in [-0.15, -0.1) is 0 Å². The minimum atomic E-state index is -1.78. The lowest BCUT2D eigenvalue weighted by molar-refractivity contribution is -0.162. The summed E-state index contributed by atoms with van der Waals surface area (Å²) < 4.78 is 11.7. The topological polar surface area (TPSA) is 308 Å². The number of nitrogens with one attached hydrogen (secondary N) is 4. The molecular weight excluding hydrogens is 999 g/mol. The highest BCUT2D eigenvalue weighted by Gasteiger charge is 2.45. The quantitative estimate of drug-likeness (QED) is 0.103. The SMILES string of the molecule is CC[C@H](C)[C@H]1NC(=O)[C@@H](NC(=O)[C@@H](CC(C)C)N(C)C(=O)[C@@H]2CCCN2C(=O)[C@H](C)O)[C@H](C)OC(=O)[C@H](Cc2ccc(O)cc2)NC(=O)[C@@H]2CCCN2C(=O)[C@@H](CC(C)C)NC(=O)[C@@H](C)C(=O)[C@@H](C(C)C)OC(=O)C[C@H]1O. The van der Waals surface area contributed by atoms with Crippen LogP contribution in [0.1, 0.15) is 133 Å². The zero-order valence-electron chi connectivity index (χ0n) is 46.9. The number of Topliss-reactive ketones (excluding diaryl/α,β-unsaturated/α-hetero) is 1. The van der Waals surface area contributed by atoms with E-state index in [1.807, 2.05) is 27.7 Å². The molecule has 3 heterocycles. The first-order valence-corrected chi connectivity index (χ1v) is 27.2. The molecule has 1 aromatic carbocycles. The number of likely N-dealkylation sites (tertiary alicyclic amines) is 1. The average Bonchev–Trinajstić information content (AvgIpc) is 4.07. The molecule has 430 valence electrons. The summed E-state index contributed by atoms with van der Waals surface area (Å²) in [4.78, 5) is 146. The molecule has 0 saturated carbocycles. The Hall–Kier alpha value is -6.16. The van der Waals surface area contributed by atoms with Crippen LogP contribution in [-0.4, -0.2) is 176 Å². The lowest BCUT2D eigenvalue weighted by atomic mass is 9.91. The number of carbonyl (C=O) groups is 10. The summed E-state index contributed by atoms with van der Waals surface area (Å²) in [5.41, 5.74) is 0.462. The maximum atomic E-state index is 14.9. The number of hydrogen-bond donors (Lipinski definition) is 7. The number of ether oxygens (including phenoxy) is 2. The number of likely N-dealkylation sites (N-methyl/N-ethyl adjacent to an activating group) is 1. The van der Waals surface area contributed by atoms with Crippen LogP contribution in [0.5, 0.6) is 5.75 Å². The fourth-order valence-corrected chi connectivity index (χ4v) is 10.1. The number of hydrogen-bond acceptors (Lipinski definition) is 15. The van der Waals surface area contributed by atoms with E-state index < -0.39 is 150 Å². The first-order valence-electron chi connectivity index (χ1n) is 27.2. The van der Waals surface area contributed by atoms with Crippen LogP contribution in [0.15, 0.2) is 24.3 Å². The molecule has 3 saturated heterocycles. The van der Waals surface area contributed by atoms with Crippen LogP contribution < -0.4 is 21.3 Å². The van der Waals surface area contributed by atoms with Crippen molar-refractivity contribution in [3.8, 4) is 5.75 Å². The molecule has 0 aromatic heterocycles. The number of ketones is 1. The standard InChI is InChI=1S/C55H85N7O15/c1-13-31(8)44-42(65)27-43(66)77-47(30(6)7)46(67)32(9)48(68)56-37(24-28(2)3)53(73)61-22-14-16-39(61)49(69)57-38(26-35-18-20-36(64)21-19-35)55(75)76-34(11)45(51(71)58-44)59-50(70)41(25-29(4)5)60(12)54(74)40-17-15-23-62(40)52(72)33(10)63/h18-21,28-34,37-42,44-45,47,63-65H,13-17,22-27H2,1-12H3,(H,56,68)(H,57,69)(H,58,71)(H,59,70)/t31-,32-,33-,34-,37+,38-,39-,40-,41+,42+,44+,45-,47+/m0/s1. The summed E-state index contributed by atoms with van der Waals surface area (Å²) >= 11 is 0. The van der Waals surface area contributed by atoms with E-state index in [9.17, 15) is 63.3 Å². The van der Waals surface area contributed by atoms with Gasteiger partial charge in [-0.1, -0.05) is 73.9 Å². The van der Waals surface area contributed by atoms with Crippen LogP contribution in [0.2, 0.25) is 0 Å². The van der Waals surface area contributed by atoms with Gasteiger partial charge in [0.25, 0.3) is 5.91 Å². The van der Waals surface area contributed by atoms with E-state index in [1.54, 1.807) is 27.7 Å². The number of aliphatic hydroxyl groups is 2. The van der Waals surface area contributed by atoms with E-state index >= 15 is 0 Å². The van der Waals surface area contributed by atoms with Gasteiger partial charge in [0.2, 0.25) is 35.4 Å². The van der Waals surface area contributed by atoms with Crippen molar-refractivity contribution in [1.29, 1.82) is 0 Å². The number of phenolic OH excluding ortho intramolecular Hbond substituents is 1. The molecule has 4 rings (SSSR count).